The Hall–Kier alpha value is -1.69. The summed E-state index contributed by atoms with van der Waals surface area (Å²) >= 11 is 4.91. The molecule has 1 amide bonds. The Morgan fingerprint density at radius 1 is 1.32 bits per heavy atom. The fraction of sp³-hybridized carbons (Fsp3) is 0.462. The molecule has 2 rings (SSSR count). The van der Waals surface area contributed by atoms with Crippen LogP contribution in [0.15, 0.2) is 18.3 Å². The molecule has 1 aromatic rings. The number of aromatic nitrogens is 1. The molecule has 0 unspecified atom stereocenters. The van der Waals surface area contributed by atoms with E-state index in [-0.39, 0.29) is 5.91 Å². The highest BCUT2D eigenvalue weighted by atomic mass is 32.1. The smallest absolute Gasteiger partial charge is 0.219 e. The van der Waals surface area contributed by atoms with Crippen molar-refractivity contribution in [3.8, 4) is 0 Å². The number of thiocarbonyl (C=S) groups is 1. The van der Waals surface area contributed by atoms with Gasteiger partial charge in [-0.15, -0.1) is 0 Å². The molecule has 2 heterocycles. The van der Waals surface area contributed by atoms with Crippen molar-refractivity contribution in [3.05, 3.63) is 23.9 Å². The summed E-state index contributed by atoms with van der Waals surface area (Å²) in [6.45, 7) is 4.89. The Morgan fingerprint density at radius 2 is 2.11 bits per heavy atom. The van der Waals surface area contributed by atoms with Gasteiger partial charge >= 0.3 is 0 Å². The molecule has 0 bridgehead atoms. The molecule has 1 aliphatic rings. The molecule has 1 aromatic heterocycles. The predicted molar refractivity (Wildman–Crippen MR) is 79.2 cm³/mol. The Labute approximate surface area is 118 Å². The van der Waals surface area contributed by atoms with Crippen molar-refractivity contribution < 1.29 is 4.79 Å². The van der Waals surface area contributed by atoms with Crippen LogP contribution in [0.4, 0.5) is 5.82 Å². The van der Waals surface area contributed by atoms with Crippen molar-refractivity contribution in [2.24, 2.45) is 5.73 Å². The predicted octanol–water partition coefficient (Wildman–Crippen LogP) is 0.774. The van der Waals surface area contributed by atoms with Crippen molar-refractivity contribution in [1.82, 2.24) is 9.88 Å². The largest absolute Gasteiger partial charge is 0.389 e. The van der Waals surface area contributed by atoms with Crippen LogP contribution in [0.2, 0.25) is 0 Å². The molecule has 0 saturated carbocycles. The average molecular weight is 278 g/mol. The van der Waals surface area contributed by atoms with Crippen molar-refractivity contribution in [2.75, 3.05) is 31.1 Å². The molecule has 0 spiro atoms. The fourth-order valence-electron chi connectivity index (χ4n) is 2.18. The number of hydrogen-bond acceptors (Lipinski definition) is 4. The third kappa shape index (κ3) is 3.41. The molecular weight excluding hydrogens is 260 g/mol. The van der Waals surface area contributed by atoms with Crippen molar-refractivity contribution in [2.45, 2.75) is 13.3 Å². The maximum absolute atomic E-state index is 11.4. The van der Waals surface area contributed by atoms with Gasteiger partial charge in [0.1, 0.15) is 10.8 Å². The van der Waals surface area contributed by atoms with Gasteiger partial charge in [-0.2, -0.15) is 0 Å². The second-order valence-electron chi connectivity index (χ2n) is 4.62. The second kappa shape index (κ2) is 5.97. The maximum Gasteiger partial charge on any atom is 0.219 e. The maximum atomic E-state index is 11.4. The van der Waals surface area contributed by atoms with Gasteiger partial charge in [0.05, 0.1) is 0 Å². The van der Waals surface area contributed by atoms with Crippen LogP contribution in [0.3, 0.4) is 0 Å². The van der Waals surface area contributed by atoms with E-state index in [0.717, 1.165) is 44.0 Å². The minimum Gasteiger partial charge on any atom is -0.389 e. The van der Waals surface area contributed by atoms with E-state index in [9.17, 15) is 4.79 Å². The lowest BCUT2D eigenvalue weighted by Gasteiger charge is -2.22. The van der Waals surface area contributed by atoms with Gasteiger partial charge in [0.15, 0.2) is 0 Å². The molecule has 1 fully saturated rings. The first-order valence-corrected chi connectivity index (χ1v) is 6.75. The molecule has 2 N–H and O–H groups in total. The quantitative estimate of drug-likeness (QED) is 0.810. The van der Waals surface area contributed by atoms with Crippen LogP contribution in [-0.2, 0) is 4.79 Å². The van der Waals surface area contributed by atoms with E-state index in [0.29, 0.717) is 4.99 Å². The standard InChI is InChI=1S/C13H18N4OS/c1-10(18)16-5-2-6-17(8-7-16)12-4-3-11(9-15-12)13(14)19/h3-4,9H,2,5-8H2,1H3,(H2,14,19). The zero-order valence-electron chi connectivity index (χ0n) is 11.0. The number of rotatable bonds is 2. The number of amides is 1. The first kappa shape index (κ1) is 13.7. The van der Waals surface area contributed by atoms with E-state index in [1.54, 1.807) is 13.1 Å². The summed E-state index contributed by atoms with van der Waals surface area (Å²) in [5.74, 6) is 1.05. The Kier molecular flexibility index (Phi) is 4.31. The summed E-state index contributed by atoms with van der Waals surface area (Å²) in [5.41, 5.74) is 6.33. The van der Waals surface area contributed by atoms with E-state index in [4.69, 9.17) is 18.0 Å². The number of nitrogens with zero attached hydrogens (tertiary/aromatic N) is 3. The van der Waals surface area contributed by atoms with Crippen molar-refractivity contribution >= 4 is 28.9 Å². The number of hydrogen-bond donors (Lipinski definition) is 1. The van der Waals surface area contributed by atoms with E-state index in [1.165, 1.54) is 0 Å². The second-order valence-corrected chi connectivity index (χ2v) is 5.06. The summed E-state index contributed by atoms with van der Waals surface area (Å²) in [6, 6.07) is 3.82. The number of nitrogens with two attached hydrogens (primary N) is 1. The van der Waals surface area contributed by atoms with Crippen LogP contribution in [0.25, 0.3) is 0 Å². The lowest BCUT2D eigenvalue weighted by Crippen LogP contribution is -2.33. The zero-order valence-corrected chi connectivity index (χ0v) is 11.8. The van der Waals surface area contributed by atoms with Crippen molar-refractivity contribution in [3.63, 3.8) is 0 Å². The SMILES string of the molecule is CC(=O)N1CCCN(c2ccc(C(N)=S)cn2)CC1. The van der Waals surface area contributed by atoms with E-state index in [1.807, 2.05) is 17.0 Å². The van der Waals surface area contributed by atoms with Crippen molar-refractivity contribution in [1.29, 1.82) is 0 Å². The molecule has 19 heavy (non-hydrogen) atoms. The molecular formula is C13H18N4OS. The average Bonchev–Trinajstić information content (AvgIpc) is 2.64. The van der Waals surface area contributed by atoms with E-state index >= 15 is 0 Å². The van der Waals surface area contributed by atoms with Crippen LogP contribution in [-0.4, -0.2) is 47.0 Å². The molecule has 1 aliphatic heterocycles. The van der Waals surface area contributed by atoms with Crippen LogP contribution >= 0.6 is 12.2 Å². The molecule has 6 heteroatoms. The molecule has 1 saturated heterocycles. The summed E-state index contributed by atoms with van der Waals surface area (Å²) in [7, 11) is 0. The lowest BCUT2D eigenvalue weighted by molar-refractivity contribution is -0.128. The minimum atomic E-state index is 0.138. The first-order valence-electron chi connectivity index (χ1n) is 6.34. The first-order chi connectivity index (χ1) is 9.08. The number of carbonyl (C=O) groups is 1. The van der Waals surface area contributed by atoms with E-state index < -0.39 is 0 Å². The highest BCUT2D eigenvalue weighted by molar-refractivity contribution is 7.80. The zero-order chi connectivity index (χ0) is 13.8. The number of carbonyl (C=O) groups excluding carboxylic acids is 1. The van der Waals surface area contributed by atoms with Crippen LogP contribution in [0.5, 0.6) is 0 Å². The summed E-state index contributed by atoms with van der Waals surface area (Å²) in [5, 5.41) is 0. The van der Waals surface area contributed by atoms with Crippen LogP contribution in [0.1, 0.15) is 18.9 Å². The highest BCUT2D eigenvalue weighted by Crippen LogP contribution is 2.14. The Morgan fingerprint density at radius 3 is 2.68 bits per heavy atom. The minimum absolute atomic E-state index is 0.138. The molecule has 0 aromatic carbocycles. The van der Waals surface area contributed by atoms with Gasteiger partial charge in [0.2, 0.25) is 5.91 Å². The topological polar surface area (TPSA) is 62.5 Å². The summed E-state index contributed by atoms with van der Waals surface area (Å²) in [6.07, 6.45) is 2.66. The molecule has 102 valence electrons. The molecule has 0 aliphatic carbocycles. The van der Waals surface area contributed by atoms with Gasteiger partial charge < -0.3 is 15.5 Å². The third-order valence-corrected chi connectivity index (χ3v) is 3.53. The van der Waals surface area contributed by atoms with Crippen LogP contribution < -0.4 is 10.6 Å². The fourth-order valence-corrected chi connectivity index (χ4v) is 2.30. The van der Waals surface area contributed by atoms with Crippen LogP contribution in [0, 0.1) is 0 Å². The van der Waals surface area contributed by atoms with E-state index in [2.05, 4.69) is 9.88 Å². The van der Waals surface area contributed by atoms with Gasteiger partial charge in [0.25, 0.3) is 0 Å². The highest BCUT2D eigenvalue weighted by Gasteiger charge is 2.17. The van der Waals surface area contributed by atoms with Gasteiger partial charge in [0, 0.05) is 44.9 Å². The van der Waals surface area contributed by atoms with Gasteiger partial charge in [-0.1, -0.05) is 12.2 Å². The molecule has 5 nitrogen and oxygen atoms in total. The van der Waals surface area contributed by atoms with Gasteiger partial charge in [-0.05, 0) is 18.6 Å². The Bertz CT molecular complexity index is 474. The summed E-state index contributed by atoms with van der Waals surface area (Å²) in [4.78, 5) is 20.2. The summed E-state index contributed by atoms with van der Waals surface area (Å²) < 4.78 is 0. The monoisotopic (exact) mass is 278 g/mol. The van der Waals surface area contributed by atoms with Gasteiger partial charge in [-0.25, -0.2) is 4.98 Å². The number of anilines is 1. The third-order valence-electron chi connectivity index (χ3n) is 3.30. The molecule has 0 radical (unpaired) electrons. The number of pyridine rings is 1. The Balaban J connectivity index is 2.05. The lowest BCUT2D eigenvalue weighted by atomic mass is 10.2. The molecule has 0 atom stereocenters. The van der Waals surface area contributed by atoms with Gasteiger partial charge in [-0.3, -0.25) is 4.79 Å². The normalized spacial score (nSPS) is 16.1.